The van der Waals surface area contributed by atoms with Crippen LogP contribution in [0.3, 0.4) is 0 Å². The van der Waals surface area contributed by atoms with E-state index in [0.29, 0.717) is 12.2 Å². The van der Waals surface area contributed by atoms with Crippen molar-refractivity contribution in [1.82, 2.24) is 9.78 Å². The summed E-state index contributed by atoms with van der Waals surface area (Å²) in [6.07, 6.45) is -1.36. The van der Waals surface area contributed by atoms with Crippen LogP contribution in [-0.2, 0) is 19.4 Å². The number of rotatable bonds is 5. The van der Waals surface area contributed by atoms with Gasteiger partial charge in [0.1, 0.15) is 6.10 Å². The van der Waals surface area contributed by atoms with Gasteiger partial charge < -0.3 is 5.11 Å². The molecule has 1 aromatic heterocycles. The third-order valence-electron chi connectivity index (χ3n) is 2.36. The van der Waals surface area contributed by atoms with Crippen molar-refractivity contribution in [3.8, 4) is 0 Å². The maximum atomic E-state index is 12.6. The number of hydrogen-bond donors (Lipinski definition) is 1. The first kappa shape index (κ1) is 13.4. The van der Waals surface area contributed by atoms with Gasteiger partial charge in [-0.05, 0) is 31.0 Å². The summed E-state index contributed by atoms with van der Waals surface area (Å²) >= 11 is 4.76. The van der Waals surface area contributed by atoms with E-state index < -0.39 is 11.5 Å². The van der Waals surface area contributed by atoms with Gasteiger partial charge in [0.25, 0.3) is 0 Å². The molecule has 1 heterocycles. The average Bonchev–Trinajstić information content (AvgIpc) is 2.59. The summed E-state index contributed by atoms with van der Waals surface area (Å²) in [5.41, 5.74) is 1.40. The van der Waals surface area contributed by atoms with Gasteiger partial charge >= 0.3 is 5.38 Å². The maximum Gasteiger partial charge on any atom is 0.347 e. The lowest BCUT2D eigenvalue weighted by molar-refractivity contribution is -0.0406. The molecule has 0 aliphatic rings. The molecular formula is C10H15ClF2N2O. The largest absolute Gasteiger partial charge is 0.385 e. The average molecular weight is 253 g/mol. The number of aryl methyl sites for hydroxylation is 2. The van der Waals surface area contributed by atoms with Crippen LogP contribution in [0.25, 0.3) is 0 Å². The fraction of sp³-hybridized carbons (Fsp3) is 0.700. The van der Waals surface area contributed by atoms with E-state index in [0.717, 1.165) is 12.1 Å². The quantitative estimate of drug-likeness (QED) is 0.816. The van der Waals surface area contributed by atoms with Gasteiger partial charge in [0.2, 0.25) is 0 Å². The van der Waals surface area contributed by atoms with Gasteiger partial charge in [-0.1, -0.05) is 6.92 Å². The molecule has 0 amide bonds. The van der Waals surface area contributed by atoms with Crippen molar-refractivity contribution in [1.29, 1.82) is 0 Å². The van der Waals surface area contributed by atoms with Crippen molar-refractivity contribution in [2.45, 2.75) is 44.7 Å². The summed E-state index contributed by atoms with van der Waals surface area (Å²) in [5.74, 6) is 0. The fourth-order valence-corrected chi connectivity index (χ4v) is 1.52. The predicted octanol–water partition coefficient (Wildman–Crippen LogP) is 2.20. The topological polar surface area (TPSA) is 38.0 Å². The van der Waals surface area contributed by atoms with Crippen LogP contribution >= 0.6 is 11.6 Å². The summed E-state index contributed by atoms with van der Waals surface area (Å²) in [5, 5.41) is 9.82. The molecule has 92 valence electrons. The molecule has 3 nitrogen and oxygen atoms in total. The Bertz CT molecular complexity index is 349. The molecule has 0 radical (unpaired) electrons. The third-order valence-corrected chi connectivity index (χ3v) is 2.61. The molecule has 0 saturated carbocycles. The molecule has 1 unspecified atom stereocenters. The Morgan fingerprint density at radius 2 is 2.19 bits per heavy atom. The van der Waals surface area contributed by atoms with Crippen LogP contribution in [-0.4, -0.2) is 26.4 Å². The van der Waals surface area contributed by atoms with Crippen LogP contribution in [0.15, 0.2) is 6.07 Å². The van der Waals surface area contributed by atoms with Gasteiger partial charge in [-0.2, -0.15) is 13.9 Å². The number of hydrogen-bond acceptors (Lipinski definition) is 2. The zero-order valence-corrected chi connectivity index (χ0v) is 10.0. The summed E-state index contributed by atoms with van der Waals surface area (Å²) in [7, 11) is 0. The maximum absolute atomic E-state index is 12.6. The van der Waals surface area contributed by atoms with E-state index in [4.69, 9.17) is 11.6 Å². The highest BCUT2D eigenvalue weighted by Gasteiger charge is 2.36. The van der Waals surface area contributed by atoms with Crippen LogP contribution in [0.1, 0.15) is 25.2 Å². The van der Waals surface area contributed by atoms with E-state index in [9.17, 15) is 13.9 Å². The summed E-state index contributed by atoms with van der Waals surface area (Å²) in [4.78, 5) is 0. The fourth-order valence-electron chi connectivity index (χ4n) is 1.44. The Kier molecular flexibility index (Phi) is 4.27. The second-order valence-corrected chi connectivity index (χ2v) is 4.06. The number of aromatic nitrogens is 2. The number of aliphatic hydroxyl groups excluding tert-OH is 1. The molecule has 6 heteroatoms. The zero-order valence-electron chi connectivity index (χ0n) is 9.25. The molecule has 1 atom stereocenters. The lowest BCUT2D eigenvalue weighted by Gasteiger charge is -2.15. The van der Waals surface area contributed by atoms with Crippen molar-refractivity contribution >= 4 is 11.6 Å². The minimum atomic E-state index is -3.60. The van der Waals surface area contributed by atoms with E-state index in [-0.39, 0.29) is 6.42 Å². The minimum absolute atomic E-state index is 0.197. The van der Waals surface area contributed by atoms with E-state index in [1.54, 1.807) is 10.7 Å². The Morgan fingerprint density at radius 1 is 1.56 bits per heavy atom. The molecule has 1 N–H and O–H groups in total. The number of halogens is 3. The first-order valence-electron chi connectivity index (χ1n) is 5.18. The van der Waals surface area contributed by atoms with Crippen LogP contribution in [0, 0.1) is 0 Å². The summed E-state index contributed by atoms with van der Waals surface area (Å²) in [6.45, 7) is 4.37. The number of aliphatic hydroxyl groups is 1. The molecule has 1 rings (SSSR count). The molecule has 0 aromatic carbocycles. The Labute approximate surface area is 98.0 Å². The second-order valence-electron chi connectivity index (χ2n) is 3.56. The van der Waals surface area contributed by atoms with Crippen molar-refractivity contribution in [3.05, 3.63) is 17.5 Å². The minimum Gasteiger partial charge on any atom is -0.385 e. The normalized spacial score (nSPS) is 14.1. The molecule has 16 heavy (non-hydrogen) atoms. The van der Waals surface area contributed by atoms with E-state index >= 15 is 0 Å². The molecule has 1 aromatic rings. The van der Waals surface area contributed by atoms with Gasteiger partial charge in [0, 0.05) is 18.7 Å². The Morgan fingerprint density at radius 3 is 2.62 bits per heavy atom. The Hall–Kier alpha value is -0.680. The highest BCUT2D eigenvalue weighted by Crippen LogP contribution is 2.26. The number of nitrogens with zero attached hydrogens (tertiary/aromatic N) is 2. The molecule has 0 spiro atoms. The van der Waals surface area contributed by atoms with E-state index in [1.165, 1.54) is 0 Å². The SMILES string of the molecule is CCc1cc(CC(O)C(F)(F)Cl)n(CC)n1. The van der Waals surface area contributed by atoms with Gasteiger partial charge in [-0.15, -0.1) is 0 Å². The first-order valence-corrected chi connectivity index (χ1v) is 5.56. The molecule has 0 fully saturated rings. The summed E-state index contributed by atoms with van der Waals surface area (Å²) < 4.78 is 26.8. The van der Waals surface area contributed by atoms with Crippen molar-refractivity contribution in [3.63, 3.8) is 0 Å². The highest BCUT2D eigenvalue weighted by atomic mass is 35.5. The monoisotopic (exact) mass is 252 g/mol. The molecule has 0 aliphatic heterocycles. The lowest BCUT2D eigenvalue weighted by Crippen LogP contribution is -2.30. The van der Waals surface area contributed by atoms with Crippen LogP contribution in [0.5, 0.6) is 0 Å². The molecule has 0 saturated heterocycles. The third kappa shape index (κ3) is 3.15. The van der Waals surface area contributed by atoms with Gasteiger partial charge in [-0.25, -0.2) is 0 Å². The zero-order chi connectivity index (χ0) is 12.3. The van der Waals surface area contributed by atoms with Crippen molar-refractivity contribution < 1.29 is 13.9 Å². The van der Waals surface area contributed by atoms with Crippen molar-refractivity contribution in [2.75, 3.05) is 0 Å². The molecule has 0 bridgehead atoms. The van der Waals surface area contributed by atoms with Crippen LogP contribution < -0.4 is 0 Å². The summed E-state index contributed by atoms with van der Waals surface area (Å²) in [6, 6.07) is 1.72. The number of alkyl halides is 3. The smallest absolute Gasteiger partial charge is 0.347 e. The predicted molar refractivity (Wildman–Crippen MR) is 57.8 cm³/mol. The van der Waals surface area contributed by atoms with Gasteiger partial charge in [0.05, 0.1) is 5.69 Å². The van der Waals surface area contributed by atoms with Gasteiger partial charge in [0.15, 0.2) is 0 Å². The Balaban J connectivity index is 2.83. The first-order chi connectivity index (χ1) is 7.38. The van der Waals surface area contributed by atoms with E-state index in [1.807, 2.05) is 13.8 Å². The van der Waals surface area contributed by atoms with Crippen LogP contribution in [0.2, 0.25) is 0 Å². The van der Waals surface area contributed by atoms with Crippen LogP contribution in [0.4, 0.5) is 8.78 Å². The molecular weight excluding hydrogens is 238 g/mol. The highest BCUT2D eigenvalue weighted by molar-refractivity contribution is 6.22. The molecule has 0 aliphatic carbocycles. The van der Waals surface area contributed by atoms with Gasteiger partial charge in [-0.3, -0.25) is 4.68 Å². The standard InChI is InChI=1S/C10H15ClF2N2O/c1-3-7-5-8(15(4-2)14-7)6-9(16)10(11,12)13/h5,9,16H,3-4,6H2,1-2H3. The lowest BCUT2D eigenvalue weighted by atomic mass is 10.2. The van der Waals surface area contributed by atoms with Crippen molar-refractivity contribution in [2.24, 2.45) is 0 Å². The second kappa shape index (κ2) is 5.10. The van der Waals surface area contributed by atoms with E-state index in [2.05, 4.69) is 5.10 Å².